The lowest BCUT2D eigenvalue weighted by Gasteiger charge is -2.43. The van der Waals surface area contributed by atoms with E-state index < -0.39 is 34.2 Å². The molecule has 0 fully saturated rings. The minimum atomic E-state index is -1.82. The van der Waals surface area contributed by atoms with Crippen LogP contribution in [0.3, 0.4) is 0 Å². The Hall–Kier alpha value is -2.87. The summed E-state index contributed by atoms with van der Waals surface area (Å²) < 4.78 is 0. The zero-order valence-electron chi connectivity index (χ0n) is 15.2. The lowest BCUT2D eigenvalue weighted by atomic mass is 9.79. The first-order chi connectivity index (χ1) is 13.8. The summed E-state index contributed by atoms with van der Waals surface area (Å²) in [4.78, 5) is 0.575. The highest BCUT2D eigenvalue weighted by Gasteiger charge is 2.49. The average Bonchev–Trinajstić information content (AvgIpc) is 2.69. The molecule has 1 unspecified atom stereocenters. The molecule has 6 nitrogen and oxygen atoms in total. The molecule has 3 aromatic rings. The molecule has 0 bridgehead atoms. The molecule has 0 amide bonds. The number of hydrogen-bond acceptors (Lipinski definition) is 7. The van der Waals surface area contributed by atoms with E-state index in [1.807, 2.05) is 30.3 Å². The van der Waals surface area contributed by atoms with Gasteiger partial charge in [0.2, 0.25) is 0 Å². The molecule has 0 aromatic heterocycles. The van der Waals surface area contributed by atoms with E-state index in [0.29, 0.717) is 10.5 Å². The smallest absolute Gasteiger partial charge is 0.200 e. The van der Waals surface area contributed by atoms with Crippen molar-refractivity contribution in [3.05, 3.63) is 77.4 Å². The average molecular weight is 412 g/mol. The van der Waals surface area contributed by atoms with Crippen molar-refractivity contribution >= 4 is 11.8 Å². The maximum atomic E-state index is 11.7. The molecule has 0 saturated heterocycles. The molecule has 29 heavy (non-hydrogen) atoms. The summed E-state index contributed by atoms with van der Waals surface area (Å²) in [7, 11) is 0. The van der Waals surface area contributed by atoms with Crippen LogP contribution in [0.1, 0.15) is 21.9 Å². The van der Waals surface area contributed by atoms with Crippen LogP contribution in [-0.2, 0) is 12.0 Å². The number of fused-ring (bicyclic) bond motifs is 1. The van der Waals surface area contributed by atoms with Crippen LogP contribution in [0.15, 0.2) is 65.6 Å². The van der Waals surface area contributed by atoms with Gasteiger partial charge in [-0.05, 0) is 35.4 Å². The number of thioether (sulfide) groups is 1. The van der Waals surface area contributed by atoms with Crippen LogP contribution in [0.5, 0.6) is 23.0 Å². The summed E-state index contributed by atoms with van der Waals surface area (Å²) in [6, 6.07) is 16.4. The highest BCUT2D eigenvalue weighted by Crippen LogP contribution is 2.56. The topological polar surface area (TPSA) is 121 Å². The first kappa shape index (κ1) is 19.4. The van der Waals surface area contributed by atoms with E-state index >= 15 is 0 Å². The fourth-order valence-electron chi connectivity index (χ4n) is 3.79. The highest BCUT2D eigenvalue weighted by molar-refractivity contribution is 7.99. The van der Waals surface area contributed by atoms with E-state index in [-0.39, 0.29) is 17.7 Å². The SMILES string of the molecule is Oc1cc([C@H]2Sc3cccc(O)c3C(O)(Cc3ccccc3)[C@@H]2O)cc(O)c1O. The molecule has 0 saturated carbocycles. The highest BCUT2D eigenvalue weighted by atomic mass is 32.2. The quantitative estimate of drug-likeness (QED) is 0.366. The van der Waals surface area contributed by atoms with E-state index in [4.69, 9.17) is 0 Å². The van der Waals surface area contributed by atoms with Crippen molar-refractivity contribution in [2.45, 2.75) is 28.3 Å². The van der Waals surface area contributed by atoms with Crippen LogP contribution in [0.2, 0.25) is 0 Å². The lowest BCUT2D eigenvalue weighted by molar-refractivity contribution is -0.0866. The molecular formula is C22H20O6S. The van der Waals surface area contributed by atoms with Crippen LogP contribution in [0.25, 0.3) is 0 Å². The van der Waals surface area contributed by atoms with Gasteiger partial charge >= 0.3 is 0 Å². The van der Waals surface area contributed by atoms with Crippen molar-refractivity contribution in [3.63, 3.8) is 0 Å². The van der Waals surface area contributed by atoms with Gasteiger partial charge in [-0.3, -0.25) is 0 Å². The molecule has 7 heteroatoms. The molecular weight excluding hydrogens is 392 g/mol. The Labute approximate surface area is 171 Å². The molecule has 1 aliphatic rings. The van der Waals surface area contributed by atoms with E-state index in [1.54, 1.807) is 12.1 Å². The van der Waals surface area contributed by atoms with Crippen molar-refractivity contribution in [3.8, 4) is 23.0 Å². The number of aromatic hydroxyl groups is 4. The molecule has 6 N–H and O–H groups in total. The van der Waals surface area contributed by atoms with Gasteiger partial charge < -0.3 is 30.6 Å². The number of rotatable bonds is 3. The van der Waals surface area contributed by atoms with E-state index in [1.165, 1.54) is 30.0 Å². The zero-order chi connectivity index (χ0) is 20.8. The van der Waals surface area contributed by atoms with Gasteiger partial charge in [-0.1, -0.05) is 36.4 Å². The molecule has 3 atom stereocenters. The normalized spacial score (nSPS) is 23.5. The number of hydrogen-bond donors (Lipinski definition) is 6. The third-order valence-corrected chi connectivity index (χ3v) is 6.58. The van der Waals surface area contributed by atoms with Gasteiger partial charge in [-0.25, -0.2) is 0 Å². The maximum absolute atomic E-state index is 11.7. The Morgan fingerprint density at radius 3 is 2.14 bits per heavy atom. The Balaban J connectivity index is 1.86. The molecule has 0 spiro atoms. The second kappa shape index (κ2) is 7.18. The largest absolute Gasteiger partial charge is 0.508 e. The molecule has 1 aliphatic heterocycles. The zero-order valence-corrected chi connectivity index (χ0v) is 16.0. The van der Waals surface area contributed by atoms with Crippen LogP contribution >= 0.6 is 11.8 Å². The summed E-state index contributed by atoms with van der Waals surface area (Å²) in [5, 5.41) is 62.0. The number of phenolic OH excluding ortho intramolecular Hbond substituents is 4. The summed E-state index contributed by atoms with van der Waals surface area (Å²) in [6.45, 7) is 0. The van der Waals surface area contributed by atoms with E-state index in [2.05, 4.69) is 0 Å². The van der Waals surface area contributed by atoms with Crippen LogP contribution in [-0.4, -0.2) is 36.7 Å². The summed E-state index contributed by atoms with van der Waals surface area (Å²) in [5.74, 6) is -1.83. The number of benzene rings is 3. The standard InChI is InChI=1S/C22H20O6S/c23-14-7-4-8-17-18(14)22(28,11-12-5-2-1-3-6-12)21(27)20(29-17)13-9-15(24)19(26)16(25)10-13/h1-10,20-21,23-28H,11H2/t20-,21-,22?/m1/s1. The first-order valence-electron chi connectivity index (χ1n) is 8.99. The van der Waals surface area contributed by atoms with E-state index in [9.17, 15) is 30.6 Å². The third kappa shape index (κ3) is 3.27. The Morgan fingerprint density at radius 1 is 0.828 bits per heavy atom. The Bertz CT molecular complexity index is 1030. The molecule has 0 radical (unpaired) electrons. The monoisotopic (exact) mass is 412 g/mol. The fraction of sp³-hybridized carbons (Fsp3) is 0.182. The van der Waals surface area contributed by atoms with Crippen molar-refractivity contribution in [2.24, 2.45) is 0 Å². The summed E-state index contributed by atoms with van der Waals surface area (Å²) >= 11 is 1.19. The fourth-order valence-corrected chi connectivity index (χ4v) is 5.25. The molecule has 0 aliphatic carbocycles. The van der Waals surface area contributed by atoms with Gasteiger partial charge in [0.05, 0.1) is 5.25 Å². The lowest BCUT2D eigenvalue weighted by Crippen LogP contribution is -2.47. The molecule has 1 heterocycles. The Morgan fingerprint density at radius 2 is 1.48 bits per heavy atom. The predicted molar refractivity (Wildman–Crippen MR) is 108 cm³/mol. The predicted octanol–water partition coefficient (Wildman–Crippen LogP) is 3.15. The van der Waals surface area contributed by atoms with Gasteiger partial charge in [-0.15, -0.1) is 11.8 Å². The maximum Gasteiger partial charge on any atom is 0.200 e. The van der Waals surface area contributed by atoms with Gasteiger partial charge in [0.1, 0.15) is 17.5 Å². The second-order valence-electron chi connectivity index (χ2n) is 7.13. The summed E-state index contributed by atoms with van der Waals surface area (Å²) in [6.07, 6.45) is -1.33. The van der Waals surface area contributed by atoms with E-state index in [0.717, 1.165) is 5.56 Å². The third-order valence-electron chi connectivity index (χ3n) is 5.20. The molecule has 4 rings (SSSR count). The van der Waals surface area contributed by atoms with Crippen LogP contribution in [0, 0.1) is 0 Å². The van der Waals surface area contributed by atoms with Crippen molar-refractivity contribution < 1.29 is 30.6 Å². The van der Waals surface area contributed by atoms with Gasteiger partial charge in [0.15, 0.2) is 17.2 Å². The first-order valence-corrected chi connectivity index (χ1v) is 9.87. The Kier molecular flexibility index (Phi) is 4.82. The van der Waals surface area contributed by atoms with Gasteiger partial charge in [0.25, 0.3) is 0 Å². The number of phenols is 4. The minimum Gasteiger partial charge on any atom is -0.508 e. The van der Waals surface area contributed by atoms with Gasteiger partial charge in [-0.2, -0.15) is 0 Å². The van der Waals surface area contributed by atoms with Crippen molar-refractivity contribution in [1.82, 2.24) is 0 Å². The number of aliphatic hydroxyl groups is 2. The van der Waals surface area contributed by atoms with Gasteiger partial charge in [0, 0.05) is 16.9 Å². The summed E-state index contributed by atoms with van der Waals surface area (Å²) in [5.41, 5.74) is -0.480. The van der Waals surface area contributed by atoms with Crippen molar-refractivity contribution in [2.75, 3.05) is 0 Å². The minimum absolute atomic E-state index is 0.0483. The van der Waals surface area contributed by atoms with Crippen LogP contribution < -0.4 is 0 Å². The molecule has 3 aromatic carbocycles. The molecule has 150 valence electrons. The second-order valence-corrected chi connectivity index (χ2v) is 8.31. The van der Waals surface area contributed by atoms with Crippen LogP contribution in [0.4, 0.5) is 0 Å². The number of aliphatic hydroxyl groups excluding tert-OH is 1. The van der Waals surface area contributed by atoms with Crippen molar-refractivity contribution in [1.29, 1.82) is 0 Å².